The van der Waals surface area contributed by atoms with Crippen LogP contribution in [0.15, 0.2) is 0 Å². The van der Waals surface area contributed by atoms with E-state index in [4.69, 9.17) is 8.19 Å². The summed E-state index contributed by atoms with van der Waals surface area (Å²) < 4.78 is 29.1. The summed E-state index contributed by atoms with van der Waals surface area (Å²) in [5.74, 6) is -0.961. The van der Waals surface area contributed by atoms with Crippen LogP contribution in [0.25, 0.3) is 0 Å². The predicted molar refractivity (Wildman–Crippen MR) is 32.6 cm³/mol. The Kier molecular flexibility index (Phi) is 5.54. The van der Waals surface area contributed by atoms with Crippen molar-refractivity contribution in [2.75, 3.05) is 0 Å². The third kappa shape index (κ3) is 11.7. The van der Waals surface area contributed by atoms with Gasteiger partial charge in [-0.15, -0.1) is 0 Å². The van der Waals surface area contributed by atoms with Gasteiger partial charge in [-0.1, -0.05) is 0 Å². The summed E-state index contributed by atoms with van der Waals surface area (Å²) in [5.41, 5.74) is 0. The van der Waals surface area contributed by atoms with E-state index in [1.54, 1.807) is 0 Å². The largest absolute Gasteiger partial charge is 0.187 e. The van der Waals surface area contributed by atoms with Gasteiger partial charge in [0.2, 0.25) is 0 Å². The van der Waals surface area contributed by atoms with Gasteiger partial charge in [0.1, 0.15) is 0 Å². The molecule has 0 aromatic rings. The van der Waals surface area contributed by atoms with Crippen LogP contribution < -0.4 is 0 Å². The Balaban J connectivity index is 0. The van der Waals surface area contributed by atoms with Crippen LogP contribution in [-0.2, 0) is 12.3 Å². The Morgan fingerprint density at radius 3 is 1.89 bits per heavy atom. The van der Waals surface area contributed by atoms with Crippen LogP contribution in [0.1, 0.15) is 6.92 Å². The van der Waals surface area contributed by atoms with Crippen molar-refractivity contribution in [3.8, 4) is 0 Å². The van der Waals surface area contributed by atoms with Crippen LogP contribution in [0.2, 0.25) is 0 Å². The molecule has 0 bridgehead atoms. The van der Waals surface area contributed by atoms with E-state index in [1.165, 1.54) is 0 Å². The quantitative estimate of drug-likeness (QED) is 0.461. The van der Waals surface area contributed by atoms with Crippen LogP contribution in [0.5, 0.6) is 0 Å². The zero-order valence-electron chi connectivity index (χ0n) is 4.07. The molecule has 0 saturated carbocycles. The number of rotatable bonds is 1. The van der Waals surface area contributed by atoms with E-state index in [-0.39, 0.29) is 17.4 Å². The third-order valence-corrected chi connectivity index (χ3v) is 1.29. The Bertz CT molecular complexity index is 138. The summed E-state index contributed by atoms with van der Waals surface area (Å²) >= 11 is -5.11. The Morgan fingerprint density at radius 2 is 1.89 bits per heavy atom. The molecular weight excluding hydrogens is 206 g/mol. The fraction of sp³-hybridized carbons (Fsp3) is 0.500. The molecule has 0 aliphatic carbocycles. The maximum Gasteiger partial charge on any atom is 0.187 e. The van der Waals surface area contributed by atoms with Crippen molar-refractivity contribution < 1.29 is 20.5 Å². The molecule has 0 aromatic carbocycles. The minimum atomic E-state index is -5.11. The van der Waals surface area contributed by atoms with Crippen molar-refractivity contribution in [3.05, 3.63) is 0 Å². The second-order valence-corrected chi connectivity index (χ2v) is 3.52. The molecule has 0 radical (unpaired) electrons. The molecule has 0 amide bonds. The Hall–Kier alpha value is 0.281. The molecule has 2 N–H and O–H groups in total. The molecule has 0 fully saturated rings. The smallest absolute Gasteiger partial charge is 0.187 e. The van der Waals surface area contributed by atoms with Gasteiger partial charge in [-0.2, -0.15) is 0 Å². The van der Waals surface area contributed by atoms with Gasteiger partial charge in [0.25, 0.3) is 0 Å². The molecule has 5 nitrogen and oxygen atoms in total. The Labute approximate surface area is 65.5 Å². The standard InChI is InChI=1S/C2H5AsO5.Al.3H/c1-2(4)8-3(5,6)7;;;;/h1H3,(H2,5,6,7);;;;. The van der Waals surface area contributed by atoms with Crippen molar-refractivity contribution in [1.82, 2.24) is 0 Å². The van der Waals surface area contributed by atoms with Gasteiger partial charge < -0.3 is 0 Å². The third-order valence-electron chi connectivity index (χ3n) is 0.247. The normalized spacial score (nSPS) is 9.67. The molecule has 54 valence electrons. The molecule has 0 saturated heterocycles. The summed E-state index contributed by atoms with van der Waals surface area (Å²) in [6.45, 7) is 0.931. The van der Waals surface area contributed by atoms with Crippen molar-refractivity contribution >= 4 is 37.8 Å². The first kappa shape index (κ1) is 12.0. The zero-order valence-corrected chi connectivity index (χ0v) is 5.94. The van der Waals surface area contributed by atoms with Crippen molar-refractivity contribution in [2.24, 2.45) is 0 Å². The minimum Gasteiger partial charge on any atom is 0.187 e. The summed E-state index contributed by atoms with van der Waals surface area (Å²) in [7, 11) is 0. The average molecular weight is 214 g/mol. The number of hydrogen-bond donors (Lipinski definition) is 2. The number of hydrogen-bond acceptors (Lipinski definition) is 3. The SMILES string of the molecule is CC(=O)O[As](=O)(O)O.[AlH3]. The molecular formula is C2H8AlAsO5. The van der Waals surface area contributed by atoms with Gasteiger partial charge in [-0.05, 0) is 0 Å². The molecule has 9 heavy (non-hydrogen) atoms. The minimum absolute atomic E-state index is 0. The number of carbonyl (C=O) groups is 1. The molecule has 0 aliphatic rings. The summed E-state index contributed by atoms with van der Waals surface area (Å²) in [6.07, 6.45) is 0. The van der Waals surface area contributed by atoms with Crippen molar-refractivity contribution in [3.63, 3.8) is 0 Å². The maximum atomic E-state index is 9.76. The predicted octanol–water partition coefficient (Wildman–Crippen LogP) is -2.78. The van der Waals surface area contributed by atoms with Crippen molar-refractivity contribution in [2.45, 2.75) is 6.92 Å². The van der Waals surface area contributed by atoms with E-state index in [2.05, 4.69) is 3.73 Å². The first-order valence-corrected chi connectivity index (χ1v) is 4.88. The molecule has 0 rings (SSSR count). The van der Waals surface area contributed by atoms with Crippen LogP contribution in [0, 0.1) is 0 Å². The molecule has 0 heterocycles. The number of carbonyl (C=O) groups excluding carboxylic acids is 1. The van der Waals surface area contributed by atoms with E-state index in [1.807, 2.05) is 0 Å². The molecule has 0 spiro atoms. The van der Waals surface area contributed by atoms with Crippen LogP contribution >= 0.6 is 0 Å². The van der Waals surface area contributed by atoms with Crippen molar-refractivity contribution in [1.29, 1.82) is 0 Å². The first-order valence-electron chi connectivity index (χ1n) is 1.67. The van der Waals surface area contributed by atoms with Crippen LogP contribution in [-0.4, -0.2) is 46.0 Å². The van der Waals surface area contributed by atoms with E-state index < -0.39 is 20.5 Å². The van der Waals surface area contributed by atoms with Gasteiger partial charge in [0.05, 0.1) is 0 Å². The van der Waals surface area contributed by atoms with Gasteiger partial charge >= 0.3 is 47.9 Å². The maximum absolute atomic E-state index is 9.76. The molecule has 7 heteroatoms. The topological polar surface area (TPSA) is 83.8 Å². The average Bonchev–Trinajstić information content (AvgIpc) is 1.21. The van der Waals surface area contributed by atoms with Gasteiger partial charge in [0, 0.05) is 0 Å². The molecule has 0 aliphatic heterocycles. The first-order chi connectivity index (χ1) is 3.42. The van der Waals surface area contributed by atoms with E-state index in [0.717, 1.165) is 6.92 Å². The van der Waals surface area contributed by atoms with Gasteiger partial charge in [0.15, 0.2) is 17.4 Å². The molecule has 0 unspecified atom stereocenters. The summed E-state index contributed by atoms with van der Waals surface area (Å²) in [5, 5.41) is 0. The van der Waals surface area contributed by atoms with Crippen LogP contribution in [0.4, 0.5) is 0 Å². The second kappa shape index (κ2) is 4.15. The van der Waals surface area contributed by atoms with E-state index in [9.17, 15) is 8.53 Å². The summed E-state index contributed by atoms with van der Waals surface area (Å²) in [6, 6.07) is 0. The second-order valence-electron chi connectivity index (χ2n) is 1.07. The zero-order chi connectivity index (χ0) is 6.78. The van der Waals surface area contributed by atoms with E-state index in [0.29, 0.717) is 0 Å². The molecule has 0 atom stereocenters. The monoisotopic (exact) mass is 214 g/mol. The fourth-order valence-electron chi connectivity index (χ4n) is 0.167. The molecule has 0 aromatic heterocycles. The van der Waals surface area contributed by atoms with Gasteiger partial charge in [-0.25, -0.2) is 0 Å². The summed E-state index contributed by atoms with van der Waals surface area (Å²) in [4.78, 5) is 9.76. The van der Waals surface area contributed by atoms with E-state index >= 15 is 0 Å². The van der Waals surface area contributed by atoms with Crippen LogP contribution in [0.3, 0.4) is 0 Å². The fourth-order valence-corrected chi connectivity index (χ4v) is 0.870. The Morgan fingerprint density at radius 1 is 1.56 bits per heavy atom. The van der Waals surface area contributed by atoms with Gasteiger partial charge in [-0.3, -0.25) is 0 Å².